The Hall–Kier alpha value is -1.84. The van der Waals surface area contributed by atoms with Gasteiger partial charge in [-0.3, -0.25) is 9.59 Å². The number of rotatable bonds is 3. The molecule has 1 amide bonds. The molecule has 0 radical (unpaired) electrons. The Morgan fingerprint density at radius 1 is 1.37 bits per heavy atom. The second-order valence-electron chi connectivity index (χ2n) is 5.13. The Balaban J connectivity index is 2.08. The molecule has 0 aromatic carbocycles. The molecule has 1 heterocycles. The van der Waals surface area contributed by atoms with E-state index in [0.29, 0.717) is 11.4 Å². The van der Waals surface area contributed by atoms with Gasteiger partial charge in [-0.2, -0.15) is 0 Å². The van der Waals surface area contributed by atoms with Gasteiger partial charge in [0.2, 0.25) is 0 Å². The van der Waals surface area contributed by atoms with Crippen LogP contribution in [0.1, 0.15) is 48.8 Å². The largest absolute Gasteiger partial charge is 0.354 e. The second-order valence-corrected chi connectivity index (χ2v) is 5.13. The lowest BCUT2D eigenvalue weighted by molar-refractivity contribution is 0.0939. The van der Waals surface area contributed by atoms with Crippen LogP contribution < -0.4 is 10.7 Å². The van der Waals surface area contributed by atoms with Crippen molar-refractivity contribution in [1.29, 1.82) is 0 Å². The molecule has 4 nitrogen and oxygen atoms in total. The number of aryl methyl sites for hydroxylation is 1. The monoisotopic (exact) mass is 260 g/mol. The van der Waals surface area contributed by atoms with Gasteiger partial charge in [0.1, 0.15) is 5.69 Å². The molecule has 1 atom stereocenters. The third-order valence-electron chi connectivity index (χ3n) is 3.45. The fourth-order valence-electron chi connectivity index (χ4n) is 2.43. The average Bonchev–Trinajstić information content (AvgIpc) is 2.38. The van der Waals surface area contributed by atoms with Crippen molar-refractivity contribution in [2.45, 2.75) is 45.6 Å². The summed E-state index contributed by atoms with van der Waals surface area (Å²) in [6.07, 6.45) is 6.78. The minimum absolute atomic E-state index is 0.0248. The summed E-state index contributed by atoms with van der Waals surface area (Å²) in [6, 6.07) is 2.84. The zero-order chi connectivity index (χ0) is 13.8. The first-order chi connectivity index (χ1) is 9.06. The van der Waals surface area contributed by atoms with Crippen molar-refractivity contribution in [1.82, 2.24) is 10.3 Å². The number of hydrogen-bond donors (Lipinski definition) is 2. The number of hydrogen-bond acceptors (Lipinski definition) is 2. The van der Waals surface area contributed by atoms with Crippen LogP contribution in [-0.4, -0.2) is 16.9 Å². The lowest BCUT2D eigenvalue weighted by atomic mass is 9.95. The first-order valence-electron chi connectivity index (χ1n) is 6.77. The number of carbonyl (C=O) groups excluding carboxylic acids is 1. The molecule has 2 N–H and O–H groups in total. The molecule has 0 fully saturated rings. The molecule has 19 heavy (non-hydrogen) atoms. The zero-order valence-corrected chi connectivity index (χ0v) is 11.5. The average molecular weight is 260 g/mol. The highest BCUT2D eigenvalue weighted by Gasteiger charge is 2.15. The predicted molar refractivity (Wildman–Crippen MR) is 75.3 cm³/mol. The first kappa shape index (κ1) is 13.6. The number of H-pyrrole nitrogens is 1. The summed E-state index contributed by atoms with van der Waals surface area (Å²) in [5, 5.41) is 2.94. The van der Waals surface area contributed by atoms with E-state index < -0.39 is 0 Å². The number of aromatic nitrogens is 1. The number of amides is 1. The van der Waals surface area contributed by atoms with Crippen LogP contribution in [0.5, 0.6) is 0 Å². The van der Waals surface area contributed by atoms with Crippen LogP contribution in [0.3, 0.4) is 0 Å². The highest BCUT2D eigenvalue weighted by atomic mass is 16.2. The maximum atomic E-state index is 12.1. The minimum atomic E-state index is -0.222. The topological polar surface area (TPSA) is 62.0 Å². The molecule has 0 spiro atoms. The van der Waals surface area contributed by atoms with Crippen molar-refractivity contribution < 1.29 is 4.79 Å². The Labute approximate surface area is 112 Å². The molecule has 1 aliphatic rings. The smallest absolute Gasteiger partial charge is 0.268 e. The van der Waals surface area contributed by atoms with E-state index in [-0.39, 0.29) is 17.4 Å². The highest BCUT2D eigenvalue weighted by Crippen LogP contribution is 2.20. The molecule has 0 saturated heterocycles. The lowest BCUT2D eigenvalue weighted by Gasteiger charge is -2.20. The Morgan fingerprint density at radius 2 is 2.16 bits per heavy atom. The van der Waals surface area contributed by atoms with Crippen molar-refractivity contribution >= 4 is 5.91 Å². The molecule has 102 valence electrons. The van der Waals surface area contributed by atoms with Crippen LogP contribution in [-0.2, 0) is 0 Å². The molecule has 4 heteroatoms. The molecular formula is C15H20N2O2. The third kappa shape index (κ3) is 3.56. The molecule has 1 aliphatic carbocycles. The molecule has 1 aromatic rings. The van der Waals surface area contributed by atoms with Gasteiger partial charge in [0, 0.05) is 23.9 Å². The second kappa shape index (κ2) is 5.87. The third-order valence-corrected chi connectivity index (χ3v) is 3.45. The molecule has 0 saturated carbocycles. The van der Waals surface area contributed by atoms with Crippen LogP contribution >= 0.6 is 0 Å². The summed E-state index contributed by atoms with van der Waals surface area (Å²) >= 11 is 0. The van der Waals surface area contributed by atoms with E-state index >= 15 is 0 Å². The predicted octanol–water partition coefficient (Wildman–Crippen LogP) is 2.30. The van der Waals surface area contributed by atoms with E-state index in [1.165, 1.54) is 30.5 Å². The Kier molecular flexibility index (Phi) is 4.20. The van der Waals surface area contributed by atoms with Gasteiger partial charge in [0.15, 0.2) is 5.43 Å². The quantitative estimate of drug-likeness (QED) is 0.819. The summed E-state index contributed by atoms with van der Waals surface area (Å²) in [5.74, 6) is -0.222. The summed E-state index contributed by atoms with van der Waals surface area (Å²) in [7, 11) is 0. The Morgan fingerprint density at radius 3 is 2.79 bits per heavy atom. The summed E-state index contributed by atoms with van der Waals surface area (Å²) < 4.78 is 0. The van der Waals surface area contributed by atoms with E-state index in [1.54, 1.807) is 6.92 Å². The molecule has 1 unspecified atom stereocenters. The van der Waals surface area contributed by atoms with Crippen LogP contribution in [0, 0.1) is 6.92 Å². The standard InChI is InChI=1S/C15H20N2O2/c1-10-8-13(18)9-14(16-10)15(19)17-11(2)12-6-4-3-5-7-12/h6,8-9,11H,3-5,7H2,1-2H3,(H,16,18)(H,17,19). The normalized spacial score (nSPS) is 16.6. The van der Waals surface area contributed by atoms with Gasteiger partial charge < -0.3 is 10.3 Å². The van der Waals surface area contributed by atoms with Crippen LogP contribution in [0.4, 0.5) is 0 Å². The number of allylic oxidation sites excluding steroid dienone is 1. The van der Waals surface area contributed by atoms with Crippen LogP contribution in [0.2, 0.25) is 0 Å². The maximum Gasteiger partial charge on any atom is 0.268 e. The van der Waals surface area contributed by atoms with Crippen molar-refractivity contribution in [2.75, 3.05) is 0 Å². The van der Waals surface area contributed by atoms with Crippen molar-refractivity contribution in [3.8, 4) is 0 Å². The number of pyridine rings is 1. The van der Waals surface area contributed by atoms with E-state index in [4.69, 9.17) is 0 Å². The minimum Gasteiger partial charge on any atom is -0.354 e. The van der Waals surface area contributed by atoms with E-state index in [2.05, 4.69) is 16.4 Å². The van der Waals surface area contributed by atoms with E-state index in [1.807, 2.05) is 6.92 Å². The van der Waals surface area contributed by atoms with Gasteiger partial charge >= 0.3 is 0 Å². The lowest BCUT2D eigenvalue weighted by Crippen LogP contribution is -2.35. The maximum absolute atomic E-state index is 12.1. The van der Waals surface area contributed by atoms with Gasteiger partial charge in [0.25, 0.3) is 5.91 Å². The van der Waals surface area contributed by atoms with Crippen molar-refractivity contribution in [3.63, 3.8) is 0 Å². The molecule has 2 rings (SSSR count). The SMILES string of the molecule is Cc1cc(=O)cc(C(=O)NC(C)C2=CCCCC2)[nH]1. The number of nitrogens with one attached hydrogen (secondary N) is 2. The fourth-order valence-corrected chi connectivity index (χ4v) is 2.43. The Bertz CT molecular complexity index is 558. The van der Waals surface area contributed by atoms with Gasteiger partial charge in [0.05, 0.1) is 0 Å². The van der Waals surface area contributed by atoms with Crippen LogP contribution in [0.15, 0.2) is 28.6 Å². The van der Waals surface area contributed by atoms with E-state index in [0.717, 1.165) is 12.8 Å². The molecule has 0 bridgehead atoms. The number of aromatic amines is 1. The summed E-state index contributed by atoms with van der Waals surface area (Å²) in [4.78, 5) is 26.4. The summed E-state index contributed by atoms with van der Waals surface area (Å²) in [5.41, 5.74) is 2.16. The summed E-state index contributed by atoms with van der Waals surface area (Å²) in [6.45, 7) is 3.76. The first-order valence-corrected chi connectivity index (χ1v) is 6.77. The molecule has 1 aromatic heterocycles. The van der Waals surface area contributed by atoms with E-state index in [9.17, 15) is 9.59 Å². The fraction of sp³-hybridized carbons (Fsp3) is 0.467. The van der Waals surface area contributed by atoms with Gasteiger partial charge in [-0.05, 0) is 39.5 Å². The number of carbonyl (C=O) groups is 1. The van der Waals surface area contributed by atoms with Gasteiger partial charge in [-0.1, -0.05) is 11.6 Å². The molecule has 0 aliphatic heterocycles. The zero-order valence-electron chi connectivity index (χ0n) is 11.5. The van der Waals surface area contributed by atoms with Gasteiger partial charge in [-0.25, -0.2) is 0 Å². The highest BCUT2D eigenvalue weighted by molar-refractivity contribution is 5.92. The van der Waals surface area contributed by atoms with Crippen molar-refractivity contribution in [3.05, 3.63) is 45.4 Å². The molecular weight excluding hydrogens is 240 g/mol. The van der Waals surface area contributed by atoms with Crippen molar-refractivity contribution in [2.24, 2.45) is 0 Å². The van der Waals surface area contributed by atoms with Crippen LogP contribution in [0.25, 0.3) is 0 Å². The van der Waals surface area contributed by atoms with Gasteiger partial charge in [-0.15, -0.1) is 0 Å².